The van der Waals surface area contributed by atoms with Crippen LogP contribution in [0.3, 0.4) is 0 Å². The van der Waals surface area contributed by atoms with Crippen molar-refractivity contribution in [3.05, 3.63) is 59.8 Å². The van der Waals surface area contributed by atoms with Crippen molar-refractivity contribution in [3.8, 4) is 0 Å². The lowest BCUT2D eigenvalue weighted by atomic mass is 10.1. The van der Waals surface area contributed by atoms with E-state index in [0.29, 0.717) is 5.56 Å². The molecule has 25 heavy (non-hydrogen) atoms. The summed E-state index contributed by atoms with van der Waals surface area (Å²) in [4.78, 5) is 16.7. The Kier molecular flexibility index (Phi) is 3.42. The molecule has 0 unspecified atom stereocenters. The summed E-state index contributed by atoms with van der Waals surface area (Å²) in [5, 5.41) is 15.1. The molecule has 0 spiro atoms. The van der Waals surface area contributed by atoms with Crippen molar-refractivity contribution in [2.45, 2.75) is 6.92 Å². The van der Waals surface area contributed by atoms with Gasteiger partial charge < -0.3 is 11.1 Å². The normalized spacial score (nSPS) is 10.9. The van der Waals surface area contributed by atoms with Gasteiger partial charge in [-0.2, -0.15) is 14.8 Å². The highest BCUT2D eigenvalue weighted by atomic mass is 16.2. The summed E-state index contributed by atoms with van der Waals surface area (Å²) in [5.41, 5.74) is 8.99. The first-order valence-corrected chi connectivity index (χ1v) is 7.64. The third-order valence-electron chi connectivity index (χ3n) is 3.79. The fraction of sp³-hybridized carbons (Fsp3) is 0.0588. The van der Waals surface area contributed by atoms with E-state index in [1.54, 1.807) is 18.3 Å². The van der Waals surface area contributed by atoms with Crippen LogP contribution in [0, 0.1) is 6.92 Å². The van der Waals surface area contributed by atoms with Crippen LogP contribution in [0.5, 0.6) is 0 Å². The fourth-order valence-corrected chi connectivity index (χ4v) is 2.57. The Balaban J connectivity index is 1.62. The van der Waals surface area contributed by atoms with Gasteiger partial charge in [0.15, 0.2) is 0 Å². The molecule has 2 heterocycles. The zero-order valence-electron chi connectivity index (χ0n) is 13.4. The first-order chi connectivity index (χ1) is 12.1. The third kappa shape index (κ3) is 2.80. The maximum absolute atomic E-state index is 12.6. The lowest BCUT2D eigenvalue weighted by Gasteiger charge is -2.03. The van der Waals surface area contributed by atoms with Gasteiger partial charge in [0.1, 0.15) is 0 Å². The van der Waals surface area contributed by atoms with Crippen LogP contribution in [0.1, 0.15) is 15.9 Å². The van der Waals surface area contributed by atoms with Crippen molar-refractivity contribution in [1.29, 1.82) is 0 Å². The minimum atomic E-state index is -0.328. The number of carbonyl (C=O) groups excluding carboxylic acids is 1. The predicted molar refractivity (Wildman–Crippen MR) is 94.7 cm³/mol. The molecule has 0 radical (unpaired) electrons. The predicted octanol–water partition coefficient (Wildman–Crippen LogP) is 2.48. The Morgan fingerprint density at radius 2 is 2.12 bits per heavy atom. The molecule has 8 heteroatoms. The van der Waals surface area contributed by atoms with Crippen molar-refractivity contribution in [1.82, 2.24) is 25.0 Å². The summed E-state index contributed by atoms with van der Waals surface area (Å²) in [7, 11) is 0. The number of hydrogen-bond donors (Lipinski definition) is 3. The van der Waals surface area contributed by atoms with Gasteiger partial charge in [-0.05, 0) is 37.3 Å². The fourth-order valence-electron chi connectivity index (χ4n) is 2.57. The van der Waals surface area contributed by atoms with E-state index in [1.807, 2.05) is 37.3 Å². The SMILES string of the molecule is Cc1cccc(C(=O)n2nc(Nc3ccc4cn[nH]c4c3)nc2N)c1. The van der Waals surface area contributed by atoms with Gasteiger partial charge in [0.25, 0.3) is 5.91 Å². The highest BCUT2D eigenvalue weighted by Gasteiger charge is 2.16. The molecule has 0 amide bonds. The highest BCUT2D eigenvalue weighted by Crippen LogP contribution is 2.20. The van der Waals surface area contributed by atoms with E-state index in [9.17, 15) is 4.79 Å². The van der Waals surface area contributed by atoms with Gasteiger partial charge >= 0.3 is 0 Å². The molecule has 0 atom stereocenters. The number of nitrogen functional groups attached to an aromatic ring is 1. The molecule has 0 fully saturated rings. The van der Waals surface area contributed by atoms with Gasteiger partial charge in [0.2, 0.25) is 11.9 Å². The quantitative estimate of drug-likeness (QED) is 0.530. The van der Waals surface area contributed by atoms with Crippen molar-refractivity contribution < 1.29 is 4.79 Å². The second-order valence-corrected chi connectivity index (χ2v) is 5.68. The molecule has 0 bridgehead atoms. The Morgan fingerprint density at radius 3 is 2.96 bits per heavy atom. The lowest BCUT2D eigenvalue weighted by Crippen LogP contribution is -2.16. The summed E-state index contributed by atoms with van der Waals surface area (Å²) < 4.78 is 1.09. The molecule has 0 aliphatic heterocycles. The second kappa shape index (κ2) is 5.75. The Labute approximate surface area is 142 Å². The summed E-state index contributed by atoms with van der Waals surface area (Å²) in [6.07, 6.45) is 1.74. The summed E-state index contributed by atoms with van der Waals surface area (Å²) in [6, 6.07) is 12.9. The van der Waals surface area contributed by atoms with Crippen LogP contribution in [-0.2, 0) is 0 Å². The molecule has 4 rings (SSSR count). The number of aromatic amines is 1. The molecule has 2 aromatic carbocycles. The molecule has 0 saturated heterocycles. The monoisotopic (exact) mass is 333 g/mol. The summed E-state index contributed by atoms with van der Waals surface area (Å²) >= 11 is 0. The van der Waals surface area contributed by atoms with Crippen LogP contribution >= 0.6 is 0 Å². The third-order valence-corrected chi connectivity index (χ3v) is 3.79. The molecular weight excluding hydrogens is 318 g/mol. The first kappa shape index (κ1) is 14.9. The number of aromatic nitrogens is 5. The molecule has 124 valence electrons. The number of anilines is 3. The molecule has 0 saturated carbocycles. The summed E-state index contributed by atoms with van der Waals surface area (Å²) in [6.45, 7) is 1.92. The van der Waals surface area contributed by atoms with Crippen LogP contribution in [0.4, 0.5) is 17.6 Å². The molecule has 0 aliphatic rings. The smallest absolute Gasteiger partial charge is 0.281 e. The number of fused-ring (bicyclic) bond motifs is 1. The van der Waals surface area contributed by atoms with E-state index >= 15 is 0 Å². The van der Waals surface area contributed by atoms with Crippen LogP contribution in [0.2, 0.25) is 0 Å². The number of aryl methyl sites for hydroxylation is 1. The Morgan fingerprint density at radius 1 is 1.24 bits per heavy atom. The lowest BCUT2D eigenvalue weighted by molar-refractivity contribution is 0.0948. The number of hydrogen-bond acceptors (Lipinski definition) is 6. The van der Waals surface area contributed by atoms with Gasteiger partial charge in [-0.1, -0.05) is 17.7 Å². The second-order valence-electron chi connectivity index (χ2n) is 5.68. The molecule has 4 N–H and O–H groups in total. The standard InChI is InChI=1S/C17H15N7O/c1-10-3-2-4-11(7-10)15(25)24-16(18)21-17(23-24)20-13-6-5-12-9-19-22-14(12)8-13/h2-9H,1H3,(H,19,22)(H3,18,20,21,23). The van der Waals surface area contributed by atoms with Crippen LogP contribution in [0.15, 0.2) is 48.7 Å². The minimum Gasteiger partial charge on any atom is -0.368 e. The Bertz CT molecular complexity index is 1080. The van der Waals surface area contributed by atoms with Gasteiger partial charge in [-0.25, -0.2) is 0 Å². The number of carbonyl (C=O) groups is 1. The highest BCUT2D eigenvalue weighted by molar-refractivity contribution is 5.97. The van der Waals surface area contributed by atoms with Gasteiger partial charge in [-0.15, -0.1) is 5.10 Å². The number of rotatable bonds is 3. The van der Waals surface area contributed by atoms with Crippen molar-refractivity contribution >= 4 is 34.4 Å². The van der Waals surface area contributed by atoms with Crippen molar-refractivity contribution in [3.63, 3.8) is 0 Å². The van der Waals surface area contributed by atoms with E-state index < -0.39 is 0 Å². The maximum atomic E-state index is 12.6. The zero-order chi connectivity index (χ0) is 17.4. The van der Waals surface area contributed by atoms with Gasteiger partial charge in [0.05, 0.1) is 11.7 Å². The topological polar surface area (TPSA) is 115 Å². The average molecular weight is 333 g/mol. The van der Waals surface area contributed by atoms with Gasteiger partial charge in [-0.3, -0.25) is 9.89 Å². The number of nitrogens with one attached hydrogen (secondary N) is 2. The van der Waals surface area contributed by atoms with E-state index in [0.717, 1.165) is 26.8 Å². The maximum Gasteiger partial charge on any atom is 0.281 e. The number of H-pyrrole nitrogens is 1. The van der Waals surface area contributed by atoms with E-state index in [4.69, 9.17) is 5.73 Å². The number of nitrogens with zero attached hydrogens (tertiary/aromatic N) is 4. The van der Waals surface area contributed by atoms with Crippen LogP contribution < -0.4 is 11.1 Å². The summed E-state index contributed by atoms with van der Waals surface area (Å²) in [5.74, 6) is -0.0558. The van der Waals surface area contributed by atoms with Crippen molar-refractivity contribution in [2.75, 3.05) is 11.1 Å². The Hall–Kier alpha value is -3.68. The molecule has 0 aliphatic carbocycles. The first-order valence-electron chi connectivity index (χ1n) is 7.64. The van der Waals surface area contributed by atoms with E-state index in [1.165, 1.54) is 0 Å². The van der Waals surface area contributed by atoms with Crippen LogP contribution in [0.25, 0.3) is 10.9 Å². The van der Waals surface area contributed by atoms with Crippen molar-refractivity contribution in [2.24, 2.45) is 0 Å². The molecule has 2 aromatic heterocycles. The van der Waals surface area contributed by atoms with Gasteiger partial charge in [0, 0.05) is 16.6 Å². The largest absolute Gasteiger partial charge is 0.368 e. The minimum absolute atomic E-state index is 0.0247. The molecule has 4 aromatic rings. The molecular formula is C17H15N7O. The number of benzene rings is 2. The average Bonchev–Trinajstić information content (AvgIpc) is 3.20. The number of nitrogens with two attached hydrogens (primary N) is 1. The van der Waals surface area contributed by atoms with Crippen LogP contribution in [-0.4, -0.2) is 30.9 Å². The molecule has 8 nitrogen and oxygen atoms in total. The zero-order valence-corrected chi connectivity index (χ0v) is 13.4. The van der Waals surface area contributed by atoms with E-state index in [-0.39, 0.29) is 17.8 Å². The van der Waals surface area contributed by atoms with E-state index in [2.05, 4.69) is 25.6 Å².